The van der Waals surface area contributed by atoms with Crippen LogP contribution in [0.3, 0.4) is 0 Å². The lowest BCUT2D eigenvalue weighted by Crippen LogP contribution is -2.19. The SMILES string of the molecule is CC(C)(C)[S@](=O)/N=C/c1ccccc1-c1noc2ccc(F)cc12. The molecule has 0 spiro atoms. The molecule has 0 saturated carbocycles. The van der Waals surface area contributed by atoms with E-state index in [-0.39, 0.29) is 5.82 Å². The first-order valence-electron chi connectivity index (χ1n) is 7.46. The van der Waals surface area contributed by atoms with Gasteiger partial charge in [0.2, 0.25) is 0 Å². The average Bonchev–Trinajstić information content (AvgIpc) is 2.94. The number of hydrogen-bond acceptors (Lipinski definition) is 3. The molecule has 0 saturated heterocycles. The van der Waals surface area contributed by atoms with Crippen molar-refractivity contribution < 1.29 is 13.1 Å². The predicted molar refractivity (Wildman–Crippen MR) is 94.9 cm³/mol. The molecule has 1 heterocycles. The summed E-state index contributed by atoms with van der Waals surface area (Å²) in [7, 11) is -1.36. The van der Waals surface area contributed by atoms with Crippen molar-refractivity contribution in [2.45, 2.75) is 25.5 Å². The minimum Gasteiger partial charge on any atom is -0.356 e. The first kappa shape index (κ1) is 16.5. The molecular weight excluding hydrogens is 327 g/mol. The molecule has 124 valence electrons. The summed E-state index contributed by atoms with van der Waals surface area (Å²) >= 11 is 0. The van der Waals surface area contributed by atoms with Gasteiger partial charge in [-0.05, 0) is 39.0 Å². The quantitative estimate of drug-likeness (QED) is 0.657. The van der Waals surface area contributed by atoms with Crippen LogP contribution in [0.4, 0.5) is 4.39 Å². The molecule has 1 aromatic heterocycles. The smallest absolute Gasteiger partial charge is 0.167 e. The minimum atomic E-state index is -1.36. The Labute approximate surface area is 142 Å². The predicted octanol–water partition coefficient (Wildman–Crippen LogP) is 4.52. The highest BCUT2D eigenvalue weighted by Crippen LogP contribution is 2.30. The summed E-state index contributed by atoms with van der Waals surface area (Å²) in [6.45, 7) is 5.58. The molecule has 24 heavy (non-hydrogen) atoms. The summed E-state index contributed by atoms with van der Waals surface area (Å²) in [5, 5.41) is 4.65. The second-order valence-corrected chi connectivity index (χ2v) is 8.29. The maximum atomic E-state index is 13.6. The Kier molecular flexibility index (Phi) is 4.32. The maximum Gasteiger partial charge on any atom is 0.167 e. The highest BCUT2D eigenvalue weighted by atomic mass is 32.2. The second kappa shape index (κ2) is 6.28. The number of benzene rings is 2. The van der Waals surface area contributed by atoms with Crippen LogP contribution >= 0.6 is 0 Å². The monoisotopic (exact) mass is 344 g/mol. The number of halogens is 1. The van der Waals surface area contributed by atoms with Gasteiger partial charge in [-0.15, -0.1) is 0 Å². The van der Waals surface area contributed by atoms with Gasteiger partial charge in [0.05, 0.1) is 10.1 Å². The number of nitrogens with zero attached hydrogens (tertiary/aromatic N) is 2. The van der Waals surface area contributed by atoms with Crippen LogP contribution in [-0.4, -0.2) is 20.3 Å². The van der Waals surface area contributed by atoms with Gasteiger partial charge in [0.25, 0.3) is 0 Å². The molecule has 3 aromatic rings. The van der Waals surface area contributed by atoms with E-state index in [4.69, 9.17) is 4.52 Å². The lowest BCUT2D eigenvalue weighted by molar-refractivity contribution is 0.459. The van der Waals surface area contributed by atoms with E-state index in [9.17, 15) is 8.60 Å². The molecule has 1 atom stereocenters. The van der Waals surface area contributed by atoms with E-state index in [1.54, 1.807) is 12.3 Å². The van der Waals surface area contributed by atoms with E-state index in [0.29, 0.717) is 16.7 Å². The molecule has 0 radical (unpaired) electrons. The van der Waals surface area contributed by atoms with Crippen molar-refractivity contribution in [3.63, 3.8) is 0 Å². The van der Waals surface area contributed by atoms with Crippen molar-refractivity contribution in [1.82, 2.24) is 5.16 Å². The average molecular weight is 344 g/mol. The van der Waals surface area contributed by atoms with E-state index in [1.807, 2.05) is 45.0 Å². The van der Waals surface area contributed by atoms with E-state index in [2.05, 4.69) is 9.55 Å². The standard InChI is InChI=1S/C18H17FN2O2S/c1-18(2,3)24(22)20-11-12-6-4-5-7-14(12)17-15-10-13(19)8-9-16(15)23-21-17/h4-11H,1-3H3/b20-11+/t24-/m0/s1. The van der Waals surface area contributed by atoms with Crippen molar-refractivity contribution >= 4 is 28.2 Å². The van der Waals surface area contributed by atoms with Crippen LogP contribution in [0.2, 0.25) is 0 Å². The molecule has 0 N–H and O–H groups in total. The third-order valence-corrected chi connectivity index (χ3v) is 4.80. The largest absolute Gasteiger partial charge is 0.356 e. The van der Waals surface area contributed by atoms with Crippen molar-refractivity contribution in [1.29, 1.82) is 0 Å². The number of aromatic nitrogens is 1. The highest BCUT2D eigenvalue weighted by molar-refractivity contribution is 7.85. The van der Waals surface area contributed by atoms with Crippen LogP contribution < -0.4 is 0 Å². The molecule has 0 aliphatic carbocycles. The molecule has 0 aliphatic heterocycles. The summed E-state index contributed by atoms with van der Waals surface area (Å²) in [5.41, 5.74) is 2.54. The zero-order valence-electron chi connectivity index (χ0n) is 13.6. The minimum absolute atomic E-state index is 0.355. The fraction of sp³-hybridized carbons (Fsp3) is 0.222. The Morgan fingerprint density at radius 2 is 1.96 bits per heavy atom. The Hall–Kier alpha value is -2.34. The van der Waals surface area contributed by atoms with Gasteiger partial charge in [-0.2, -0.15) is 4.40 Å². The Bertz CT molecular complexity index is 942. The van der Waals surface area contributed by atoms with E-state index in [1.165, 1.54) is 12.1 Å². The van der Waals surface area contributed by atoms with Crippen LogP contribution in [0, 0.1) is 5.82 Å². The topological polar surface area (TPSA) is 55.5 Å². The first-order chi connectivity index (χ1) is 11.4. The molecule has 0 aliphatic rings. The van der Waals surface area contributed by atoms with Gasteiger partial charge in [0.15, 0.2) is 5.58 Å². The van der Waals surface area contributed by atoms with E-state index in [0.717, 1.165) is 11.1 Å². The zero-order chi connectivity index (χ0) is 17.3. The number of hydrogen-bond donors (Lipinski definition) is 0. The summed E-state index contributed by atoms with van der Waals surface area (Å²) < 4.78 is 34.7. The third kappa shape index (κ3) is 3.28. The fourth-order valence-electron chi connectivity index (χ4n) is 2.19. The Morgan fingerprint density at radius 3 is 2.71 bits per heavy atom. The van der Waals surface area contributed by atoms with Crippen molar-refractivity contribution in [3.05, 3.63) is 53.8 Å². The number of fused-ring (bicyclic) bond motifs is 1. The second-order valence-electron chi connectivity index (χ2n) is 6.35. The first-order valence-corrected chi connectivity index (χ1v) is 8.57. The lowest BCUT2D eigenvalue weighted by Gasteiger charge is -2.12. The molecule has 0 amide bonds. The summed E-state index contributed by atoms with van der Waals surface area (Å²) in [5.74, 6) is -0.355. The Morgan fingerprint density at radius 1 is 1.21 bits per heavy atom. The summed E-state index contributed by atoms with van der Waals surface area (Å²) in [4.78, 5) is 0. The van der Waals surface area contributed by atoms with Crippen molar-refractivity contribution in [2.75, 3.05) is 0 Å². The van der Waals surface area contributed by atoms with Crippen LogP contribution in [-0.2, 0) is 11.0 Å². The molecule has 4 nitrogen and oxygen atoms in total. The van der Waals surface area contributed by atoms with Crippen LogP contribution in [0.5, 0.6) is 0 Å². The molecule has 0 unspecified atom stereocenters. The van der Waals surface area contributed by atoms with Crippen LogP contribution in [0.25, 0.3) is 22.2 Å². The molecule has 0 bridgehead atoms. The summed E-state index contributed by atoms with van der Waals surface area (Å²) in [6.07, 6.45) is 1.57. The molecule has 0 fully saturated rings. The van der Waals surface area contributed by atoms with Gasteiger partial charge >= 0.3 is 0 Å². The normalized spacial score (nSPS) is 13.7. The van der Waals surface area contributed by atoms with Crippen molar-refractivity contribution in [3.8, 4) is 11.3 Å². The third-order valence-electron chi connectivity index (χ3n) is 3.46. The van der Waals surface area contributed by atoms with Gasteiger partial charge < -0.3 is 4.52 Å². The van der Waals surface area contributed by atoms with Crippen LogP contribution in [0.15, 0.2) is 51.4 Å². The van der Waals surface area contributed by atoms with Gasteiger partial charge in [0.1, 0.15) is 22.5 Å². The zero-order valence-corrected chi connectivity index (χ0v) is 14.4. The van der Waals surface area contributed by atoms with Gasteiger partial charge in [-0.1, -0.05) is 29.4 Å². The maximum absolute atomic E-state index is 13.6. The van der Waals surface area contributed by atoms with E-state index < -0.39 is 15.7 Å². The lowest BCUT2D eigenvalue weighted by atomic mass is 10.0. The van der Waals surface area contributed by atoms with E-state index >= 15 is 0 Å². The Balaban J connectivity index is 2.08. The molecular formula is C18H17FN2O2S. The van der Waals surface area contributed by atoms with Gasteiger partial charge in [0, 0.05) is 17.3 Å². The molecule has 6 heteroatoms. The number of rotatable bonds is 3. The van der Waals surface area contributed by atoms with Gasteiger partial charge in [-0.25, -0.2) is 8.60 Å². The van der Waals surface area contributed by atoms with Crippen molar-refractivity contribution in [2.24, 2.45) is 4.40 Å². The summed E-state index contributed by atoms with van der Waals surface area (Å²) in [6, 6.07) is 11.7. The highest BCUT2D eigenvalue weighted by Gasteiger charge is 2.19. The molecule has 3 rings (SSSR count). The van der Waals surface area contributed by atoms with Crippen LogP contribution in [0.1, 0.15) is 26.3 Å². The van der Waals surface area contributed by atoms with Gasteiger partial charge in [-0.3, -0.25) is 0 Å². The molecule has 2 aromatic carbocycles. The fourth-order valence-corrected chi connectivity index (χ4v) is 2.72.